The van der Waals surface area contributed by atoms with Crippen LogP contribution >= 0.6 is 11.6 Å². The molecule has 3 heterocycles. The molecule has 0 bridgehead atoms. The zero-order valence-electron chi connectivity index (χ0n) is 27.8. The van der Waals surface area contributed by atoms with Crippen molar-refractivity contribution < 1.29 is 19.5 Å². The van der Waals surface area contributed by atoms with Gasteiger partial charge in [0.05, 0.1) is 23.8 Å². The van der Waals surface area contributed by atoms with E-state index in [1.807, 2.05) is 43.3 Å². The molecular weight excluding hydrogens is 630 g/mol. The minimum Gasteiger partial charge on any atom is -0.508 e. The molecule has 3 fully saturated rings. The van der Waals surface area contributed by atoms with Gasteiger partial charge in [0.2, 0.25) is 11.8 Å². The van der Waals surface area contributed by atoms with Crippen molar-refractivity contribution in [1.82, 2.24) is 30.0 Å². The number of carbonyl (C=O) groups is 3. The number of carbonyl (C=O) groups excluding carboxylic acids is 3. The number of hydrogen-bond donors (Lipinski definition) is 2. The molecule has 0 radical (unpaired) electrons. The van der Waals surface area contributed by atoms with Crippen molar-refractivity contribution in [3.05, 3.63) is 94.5 Å². The minimum atomic E-state index is -0.840. The van der Waals surface area contributed by atoms with Crippen LogP contribution < -0.4 is 10.2 Å². The number of piperidine rings is 1. The Labute approximate surface area is 287 Å². The van der Waals surface area contributed by atoms with Gasteiger partial charge in [-0.25, -0.2) is 14.8 Å². The monoisotopic (exact) mass is 673 g/mol. The highest BCUT2D eigenvalue weighted by molar-refractivity contribution is 6.33. The standard InChI is InChI=1S/C36H44ClN7O4/c1-39(2)34-27(10-7-11-30(34)37)22-42-23-32-43(31(35(42)47)20-25-12-14-29(45)15-13-25)33(46)24-40(3)44(32)36(48)38-28-16-18-41(19-17-28)21-26-8-5-4-6-9-26/h4-15,28,31-32,45H,16-24H2,1-3H3,(H,38,48)/t31-,32?/m0/s1. The summed E-state index contributed by atoms with van der Waals surface area (Å²) < 4.78 is 0. The van der Waals surface area contributed by atoms with Crippen LogP contribution in [0.2, 0.25) is 5.02 Å². The third kappa shape index (κ3) is 7.23. The van der Waals surface area contributed by atoms with Crippen molar-refractivity contribution in [2.24, 2.45) is 0 Å². The lowest BCUT2D eigenvalue weighted by Gasteiger charge is -2.54. The number of likely N-dealkylation sites (tertiary alicyclic amines) is 1. The van der Waals surface area contributed by atoms with Crippen molar-refractivity contribution in [2.75, 3.05) is 52.2 Å². The molecule has 1 unspecified atom stereocenters. The molecule has 254 valence electrons. The zero-order chi connectivity index (χ0) is 33.9. The third-order valence-corrected chi connectivity index (χ3v) is 9.86. The maximum absolute atomic E-state index is 14.3. The normalized spacial score (nSPS) is 21.0. The summed E-state index contributed by atoms with van der Waals surface area (Å²) in [5.74, 6) is -0.294. The van der Waals surface area contributed by atoms with E-state index in [9.17, 15) is 19.5 Å². The fourth-order valence-corrected chi connectivity index (χ4v) is 7.58. The number of rotatable bonds is 8. The maximum atomic E-state index is 14.3. The summed E-state index contributed by atoms with van der Waals surface area (Å²) in [5, 5.41) is 17.0. The van der Waals surface area contributed by atoms with Gasteiger partial charge in [-0.2, -0.15) is 0 Å². The van der Waals surface area contributed by atoms with Crippen molar-refractivity contribution in [3.8, 4) is 5.75 Å². The number of likely N-dealkylation sites (N-methyl/N-ethyl adjacent to an activating group) is 1. The molecule has 48 heavy (non-hydrogen) atoms. The number of aromatic hydroxyl groups is 1. The van der Waals surface area contributed by atoms with E-state index >= 15 is 0 Å². The number of benzene rings is 3. The lowest BCUT2D eigenvalue weighted by molar-refractivity contribution is -0.187. The van der Waals surface area contributed by atoms with E-state index in [1.54, 1.807) is 51.1 Å². The molecule has 2 N–H and O–H groups in total. The van der Waals surface area contributed by atoms with Gasteiger partial charge in [0.1, 0.15) is 18.0 Å². The Hall–Kier alpha value is -4.32. The van der Waals surface area contributed by atoms with Gasteiger partial charge in [-0.1, -0.05) is 66.2 Å². The molecule has 3 aliphatic heterocycles. The number of fused-ring (bicyclic) bond motifs is 1. The highest BCUT2D eigenvalue weighted by Crippen LogP contribution is 2.33. The average molecular weight is 674 g/mol. The molecular formula is C36H44ClN7O4. The van der Waals surface area contributed by atoms with Crippen LogP contribution in [-0.4, -0.2) is 113 Å². The van der Waals surface area contributed by atoms with Crippen LogP contribution in [0.1, 0.15) is 29.5 Å². The molecule has 11 nitrogen and oxygen atoms in total. The van der Waals surface area contributed by atoms with Crippen LogP contribution in [-0.2, 0) is 29.1 Å². The summed E-state index contributed by atoms with van der Waals surface area (Å²) in [5.41, 5.74) is 3.75. The number of amides is 4. The summed E-state index contributed by atoms with van der Waals surface area (Å²) >= 11 is 6.59. The number of phenols is 1. The first-order chi connectivity index (χ1) is 23.1. The van der Waals surface area contributed by atoms with E-state index in [0.29, 0.717) is 5.02 Å². The van der Waals surface area contributed by atoms with Crippen molar-refractivity contribution in [2.45, 2.75) is 50.6 Å². The third-order valence-electron chi connectivity index (χ3n) is 9.56. The highest BCUT2D eigenvalue weighted by Gasteiger charge is 2.51. The largest absolute Gasteiger partial charge is 0.508 e. The minimum absolute atomic E-state index is 0.00719. The Bertz CT molecular complexity index is 1610. The van der Waals surface area contributed by atoms with E-state index < -0.39 is 12.2 Å². The zero-order valence-corrected chi connectivity index (χ0v) is 28.5. The van der Waals surface area contributed by atoms with E-state index in [2.05, 4.69) is 34.5 Å². The number of para-hydroxylation sites is 1. The van der Waals surface area contributed by atoms with Crippen LogP contribution in [0.15, 0.2) is 72.8 Å². The first-order valence-electron chi connectivity index (χ1n) is 16.5. The van der Waals surface area contributed by atoms with Gasteiger partial charge >= 0.3 is 6.03 Å². The smallest absolute Gasteiger partial charge is 0.334 e. The number of piperazine rings is 1. The van der Waals surface area contributed by atoms with Gasteiger partial charge in [0.15, 0.2) is 0 Å². The summed E-state index contributed by atoms with van der Waals surface area (Å²) in [6.07, 6.45) is 1.17. The summed E-state index contributed by atoms with van der Waals surface area (Å²) in [6.45, 7) is 2.99. The Kier molecular flexibility index (Phi) is 10.1. The molecule has 6 rings (SSSR count). The van der Waals surface area contributed by atoms with E-state index in [-0.39, 0.29) is 55.7 Å². The van der Waals surface area contributed by atoms with Gasteiger partial charge in [-0.05, 0) is 47.7 Å². The highest BCUT2D eigenvalue weighted by atomic mass is 35.5. The second kappa shape index (κ2) is 14.4. The molecule has 3 aromatic carbocycles. The number of nitrogens with one attached hydrogen (secondary N) is 1. The van der Waals surface area contributed by atoms with Gasteiger partial charge in [0, 0.05) is 59.8 Å². The van der Waals surface area contributed by atoms with E-state index in [1.165, 1.54) is 5.56 Å². The van der Waals surface area contributed by atoms with Gasteiger partial charge in [-0.15, -0.1) is 0 Å². The fourth-order valence-electron chi connectivity index (χ4n) is 7.21. The molecule has 12 heteroatoms. The van der Waals surface area contributed by atoms with Crippen LogP contribution in [0, 0.1) is 0 Å². The Balaban J connectivity index is 1.24. The van der Waals surface area contributed by atoms with Gasteiger partial charge in [-0.3, -0.25) is 14.5 Å². The molecule has 4 amide bonds. The molecule has 0 saturated carbocycles. The first-order valence-corrected chi connectivity index (χ1v) is 16.9. The van der Waals surface area contributed by atoms with Crippen LogP contribution in [0.25, 0.3) is 0 Å². The van der Waals surface area contributed by atoms with Crippen molar-refractivity contribution >= 4 is 35.1 Å². The van der Waals surface area contributed by atoms with E-state index in [4.69, 9.17) is 11.6 Å². The predicted molar refractivity (Wildman–Crippen MR) is 185 cm³/mol. The van der Waals surface area contributed by atoms with Crippen LogP contribution in [0.5, 0.6) is 5.75 Å². The molecule has 0 aliphatic carbocycles. The van der Waals surface area contributed by atoms with Crippen LogP contribution in [0.4, 0.5) is 10.5 Å². The maximum Gasteiger partial charge on any atom is 0.334 e. The number of anilines is 1. The quantitative estimate of drug-likeness (QED) is 0.376. The molecule has 3 aliphatic rings. The van der Waals surface area contributed by atoms with Gasteiger partial charge < -0.3 is 25.1 Å². The fraction of sp³-hybridized carbons (Fsp3) is 0.417. The predicted octanol–water partition coefficient (Wildman–Crippen LogP) is 3.76. The molecule has 2 atom stereocenters. The second-order valence-corrected chi connectivity index (χ2v) is 13.6. The number of hydrazine groups is 1. The molecule has 0 spiro atoms. The SMILES string of the molecule is CN(C)c1c(Cl)cccc1CN1CC2N(C(=O)CN(C)N2C(=O)NC2CCN(Cc3ccccc3)CC2)[C@@H](Cc2ccc(O)cc2)C1=O. The number of halogens is 1. The van der Waals surface area contributed by atoms with Crippen molar-refractivity contribution in [3.63, 3.8) is 0 Å². The summed E-state index contributed by atoms with van der Waals surface area (Å²) in [6, 6.07) is 21.6. The number of nitrogens with zero attached hydrogens (tertiary/aromatic N) is 6. The summed E-state index contributed by atoms with van der Waals surface area (Å²) in [4.78, 5) is 49.8. The second-order valence-electron chi connectivity index (χ2n) is 13.2. The Morgan fingerprint density at radius 2 is 1.65 bits per heavy atom. The average Bonchev–Trinajstić information content (AvgIpc) is 3.05. The van der Waals surface area contributed by atoms with Crippen LogP contribution in [0.3, 0.4) is 0 Å². The lowest BCUT2D eigenvalue weighted by atomic mass is 9.98. The molecule has 0 aromatic heterocycles. The number of hydrogen-bond acceptors (Lipinski definition) is 7. The van der Waals surface area contributed by atoms with Crippen molar-refractivity contribution in [1.29, 1.82) is 0 Å². The van der Waals surface area contributed by atoms with E-state index in [0.717, 1.165) is 49.3 Å². The lowest BCUT2D eigenvalue weighted by Crippen LogP contribution is -2.76. The van der Waals surface area contributed by atoms with Gasteiger partial charge in [0.25, 0.3) is 0 Å². The molecule has 3 saturated heterocycles. The topological polar surface area (TPSA) is 103 Å². The molecule has 3 aromatic rings. The Morgan fingerprint density at radius 1 is 0.938 bits per heavy atom. The Morgan fingerprint density at radius 3 is 2.33 bits per heavy atom. The number of phenolic OH excluding ortho intramolecular Hbond substituents is 1. The first kappa shape index (κ1) is 33.6. The number of urea groups is 1. The summed E-state index contributed by atoms with van der Waals surface area (Å²) in [7, 11) is 5.56.